The van der Waals surface area contributed by atoms with Crippen molar-refractivity contribution >= 4 is 11.3 Å². The molecule has 1 atom stereocenters. The molecule has 0 spiro atoms. The zero-order valence-corrected chi connectivity index (χ0v) is 14.9. The van der Waals surface area contributed by atoms with Crippen molar-refractivity contribution in [2.24, 2.45) is 0 Å². The normalized spacial score (nSPS) is 17.4. The van der Waals surface area contributed by atoms with Crippen LogP contribution in [0.4, 0.5) is 0 Å². The van der Waals surface area contributed by atoms with Crippen molar-refractivity contribution in [3.8, 4) is 5.69 Å². The Morgan fingerprint density at radius 1 is 1.16 bits per heavy atom. The van der Waals surface area contributed by atoms with Gasteiger partial charge >= 0.3 is 0 Å². The predicted octanol–water partition coefficient (Wildman–Crippen LogP) is 3.51. The SMILES string of the molecule is c1ncn(-c2ccc(CN(Cc3ccsc3)CC3CCCO3)cc2)n1. The first-order valence-corrected chi connectivity index (χ1v) is 9.60. The van der Waals surface area contributed by atoms with Crippen molar-refractivity contribution in [2.75, 3.05) is 13.2 Å². The van der Waals surface area contributed by atoms with Crippen LogP contribution < -0.4 is 0 Å². The second-order valence-electron chi connectivity index (χ2n) is 6.44. The standard InChI is InChI=1S/C19H22N4OS/c1-2-19(24-8-1)12-22(11-17-7-9-25-13-17)10-16-3-5-18(6-4-16)23-15-20-14-21-23/h3-7,9,13-15,19H,1-2,8,10-12H2. The van der Waals surface area contributed by atoms with Crippen LogP contribution in [0.5, 0.6) is 0 Å². The van der Waals surface area contributed by atoms with E-state index < -0.39 is 0 Å². The highest BCUT2D eigenvalue weighted by Gasteiger charge is 2.19. The summed E-state index contributed by atoms with van der Waals surface area (Å²) in [4.78, 5) is 6.49. The number of rotatable bonds is 7. The van der Waals surface area contributed by atoms with Gasteiger partial charge < -0.3 is 4.74 Å². The van der Waals surface area contributed by atoms with Crippen LogP contribution in [0.2, 0.25) is 0 Å². The molecule has 3 heterocycles. The summed E-state index contributed by atoms with van der Waals surface area (Å²) >= 11 is 1.76. The molecular weight excluding hydrogens is 332 g/mol. The molecular formula is C19H22N4OS. The minimum Gasteiger partial charge on any atom is -0.377 e. The zero-order chi connectivity index (χ0) is 16.9. The van der Waals surface area contributed by atoms with Crippen LogP contribution in [0.1, 0.15) is 24.0 Å². The van der Waals surface area contributed by atoms with Gasteiger partial charge in [-0.2, -0.15) is 16.4 Å². The van der Waals surface area contributed by atoms with Gasteiger partial charge in [0.05, 0.1) is 11.8 Å². The molecule has 25 heavy (non-hydrogen) atoms. The molecule has 1 aliphatic rings. The van der Waals surface area contributed by atoms with Gasteiger partial charge in [-0.3, -0.25) is 4.90 Å². The lowest BCUT2D eigenvalue weighted by Gasteiger charge is -2.25. The zero-order valence-electron chi connectivity index (χ0n) is 14.1. The molecule has 0 N–H and O–H groups in total. The Balaban J connectivity index is 1.45. The van der Waals surface area contributed by atoms with Gasteiger partial charge in [0.1, 0.15) is 12.7 Å². The number of aromatic nitrogens is 3. The summed E-state index contributed by atoms with van der Waals surface area (Å²) in [5.41, 5.74) is 3.71. The lowest BCUT2D eigenvalue weighted by Crippen LogP contribution is -2.31. The minimum atomic E-state index is 0.369. The largest absolute Gasteiger partial charge is 0.377 e. The number of nitrogens with zero attached hydrogens (tertiary/aromatic N) is 4. The van der Waals surface area contributed by atoms with Crippen LogP contribution in [-0.4, -0.2) is 38.9 Å². The summed E-state index contributed by atoms with van der Waals surface area (Å²) < 4.78 is 7.63. The van der Waals surface area contributed by atoms with E-state index in [0.29, 0.717) is 6.10 Å². The topological polar surface area (TPSA) is 43.2 Å². The fraction of sp³-hybridized carbons (Fsp3) is 0.368. The second-order valence-corrected chi connectivity index (χ2v) is 7.22. The molecule has 6 heteroatoms. The quantitative estimate of drug-likeness (QED) is 0.651. The molecule has 0 bridgehead atoms. The smallest absolute Gasteiger partial charge is 0.138 e. The Morgan fingerprint density at radius 2 is 2.04 bits per heavy atom. The summed E-state index contributed by atoms with van der Waals surface area (Å²) in [5.74, 6) is 0. The Bertz CT molecular complexity index is 749. The van der Waals surface area contributed by atoms with Gasteiger partial charge in [-0.1, -0.05) is 12.1 Å². The van der Waals surface area contributed by atoms with Crippen LogP contribution >= 0.6 is 11.3 Å². The maximum absolute atomic E-state index is 5.85. The van der Waals surface area contributed by atoms with Crippen molar-refractivity contribution in [1.29, 1.82) is 0 Å². The molecule has 0 amide bonds. The fourth-order valence-corrected chi connectivity index (χ4v) is 3.92. The number of ether oxygens (including phenoxy) is 1. The summed E-state index contributed by atoms with van der Waals surface area (Å²) in [7, 11) is 0. The van der Waals surface area contributed by atoms with Gasteiger partial charge in [0, 0.05) is 26.2 Å². The number of hydrogen-bond acceptors (Lipinski definition) is 5. The fourth-order valence-electron chi connectivity index (χ4n) is 3.26. The third kappa shape index (κ3) is 4.34. The highest BCUT2D eigenvalue weighted by atomic mass is 32.1. The molecule has 0 aliphatic carbocycles. The maximum atomic E-state index is 5.85. The molecule has 1 unspecified atom stereocenters. The molecule has 3 aromatic rings. The highest BCUT2D eigenvalue weighted by molar-refractivity contribution is 7.07. The van der Waals surface area contributed by atoms with E-state index in [2.05, 4.69) is 56.1 Å². The summed E-state index contributed by atoms with van der Waals surface area (Å²) in [6.07, 6.45) is 6.00. The third-order valence-electron chi connectivity index (χ3n) is 4.50. The van der Waals surface area contributed by atoms with Gasteiger partial charge in [-0.05, 0) is 52.9 Å². The molecule has 1 aromatic carbocycles. The monoisotopic (exact) mass is 354 g/mol. The molecule has 0 saturated carbocycles. The van der Waals surface area contributed by atoms with Crippen molar-refractivity contribution in [2.45, 2.75) is 32.0 Å². The lowest BCUT2D eigenvalue weighted by molar-refractivity contribution is 0.0679. The minimum absolute atomic E-state index is 0.369. The highest BCUT2D eigenvalue weighted by Crippen LogP contribution is 2.19. The molecule has 4 rings (SSSR count). The average molecular weight is 354 g/mol. The van der Waals surface area contributed by atoms with E-state index in [-0.39, 0.29) is 0 Å². The molecule has 2 aromatic heterocycles. The van der Waals surface area contributed by atoms with E-state index >= 15 is 0 Å². The van der Waals surface area contributed by atoms with Gasteiger partial charge in [-0.25, -0.2) is 9.67 Å². The first-order valence-electron chi connectivity index (χ1n) is 8.66. The molecule has 1 fully saturated rings. The first-order chi connectivity index (χ1) is 12.4. The van der Waals surface area contributed by atoms with Gasteiger partial charge in [0.2, 0.25) is 0 Å². The number of hydrogen-bond donors (Lipinski definition) is 0. The van der Waals surface area contributed by atoms with Crippen LogP contribution in [0.15, 0.2) is 53.7 Å². The van der Waals surface area contributed by atoms with Crippen molar-refractivity contribution in [1.82, 2.24) is 19.7 Å². The van der Waals surface area contributed by atoms with E-state index in [1.54, 1.807) is 28.7 Å². The molecule has 0 radical (unpaired) electrons. The van der Waals surface area contributed by atoms with Crippen LogP contribution in [0.3, 0.4) is 0 Å². The molecule has 5 nitrogen and oxygen atoms in total. The predicted molar refractivity (Wildman–Crippen MR) is 98.8 cm³/mol. The van der Waals surface area contributed by atoms with Gasteiger partial charge in [0.15, 0.2) is 0 Å². The average Bonchev–Trinajstić information content (AvgIpc) is 3.39. The Morgan fingerprint density at radius 3 is 2.72 bits per heavy atom. The van der Waals surface area contributed by atoms with Crippen LogP contribution in [0, 0.1) is 0 Å². The Labute approximate surface area is 151 Å². The van der Waals surface area contributed by atoms with E-state index in [1.165, 1.54) is 24.0 Å². The van der Waals surface area contributed by atoms with Crippen molar-refractivity contribution < 1.29 is 4.74 Å². The van der Waals surface area contributed by atoms with Crippen molar-refractivity contribution in [3.05, 3.63) is 64.9 Å². The van der Waals surface area contributed by atoms with E-state index in [1.807, 2.05) is 0 Å². The lowest BCUT2D eigenvalue weighted by atomic mass is 10.1. The first kappa shape index (κ1) is 16.4. The second kappa shape index (κ2) is 7.91. The molecule has 1 saturated heterocycles. The van der Waals surface area contributed by atoms with Gasteiger partial charge in [0.25, 0.3) is 0 Å². The number of thiophene rings is 1. The van der Waals surface area contributed by atoms with Crippen LogP contribution in [0.25, 0.3) is 5.69 Å². The molecule has 130 valence electrons. The maximum Gasteiger partial charge on any atom is 0.138 e. The van der Waals surface area contributed by atoms with Crippen LogP contribution in [-0.2, 0) is 17.8 Å². The van der Waals surface area contributed by atoms with Crippen molar-refractivity contribution in [3.63, 3.8) is 0 Å². The van der Waals surface area contributed by atoms with E-state index in [0.717, 1.165) is 31.9 Å². The third-order valence-corrected chi connectivity index (χ3v) is 5.23. The Hall–Kier alpha value is -2.02. The molecule has 1 aliphatic heterocycles. The van der Waals surface area contributed by atoms with E-state index in [4.69, 9.17) is 4.74 Å². The summed E-state index contributed by atoms with van der Waals surface area (Å²) in [6, 6.07) is 10.7. The van der Waals surface area contributed by atoms with E-state index in [9.17, 15) is 0 Å². The Kier molecular flexibility index (Phi) is 5.20. The summed E-state index contributed by atoms with van der Waals surface area (Å²) in [6.45, 7) is 3.78. The van der Waals surface area contributed by atoms with Gasteiger partial charge in [-0.15, -0.1) is 0 Å². The number of benzene rings is 1. The summed E-state index contributed by atoms with van der Waals surface area (Å²) in [5, 5.41) is 8.55.